The van der Waals surface area contributed by atoms with E-state index in [2.05, 4.69) is 112 Å². The summed E-state index contributed by atoms with van der Waals surface area (Å²) in [7, 11) is 0. The van der Waals surface area contributed by atoms with Crippen molar-refractivity contribution in [1.29, 1.82) is 5.26 Å². The minimum atomic E-state index is -0.0977. The number of rotatable bonds is 6. The molecule has 2 aliphatic rings. The smallest absolute Gasteiger partial charge is 0.187 e. The van der Waals surface area contributed by atoms with Gasteiger partial charge in [-0.2, -0.15) is 5.26 Å². The molecule has 3 aromatic rings. The second-order valence-corrected chi connectivity index (χ2v) is 8.88. The Balaban J connectivity index is 1.24. The van der Waals surface area contributed by atoms with Crippen LogP contribution in [-0.2, 0) is 6.54 Å². The first-order valence-corrected chi connectivity index (χ1v) is 11.9. The third-order valence-corrected chi connectivity index (χ3v) is 6.98. The molecule has 5 rings (SSSR count). The topological polar surface area (TPSA) is 45.5 Å². The summed E-state index contributed by atoms with van der Waals surface area (Å²) in [5.41, 5.74) is 6.34. The van der Waals surface area contributed by atoms with E-state index in [-0.39, 0.29) is 6.29 Å². The van der Waals surface area contributed by atoms with Gasteiger partial charge in [0, 0.05) is 32.2 Å². The summed E-state index contributed by atoms with van der Waals surface area (Å²) in [6, 6.07) is 28.5. The van der Waals surface area contributed by atoms with Gasteiger partial charge in [-0.05, 0) is 48.6 Å². The standard InChI is InChI=1S/C28H31N5/c1-2-32-26-10-6-7-11-27(26)33(28(32)30-21-29)25-16-18-31(19-17-25)20-22-12-14-24(15-13-22)23-8-4-3-5-9-23/h3-15,25,28,30H,2,16-20H2,1H3. The van der Waals surface area contributed by atoms with E-state index < -0.39 is 0 Å². The monoisotopic (exact) mass is 437 g/mol. The van der Waals surface area contributed by atoms with Crippen LogP contribution < -0.4 is 15.1 Å². The molecule has 5 nitrogen and oxygen atoms in total. The van der Waals surface area contributed by atoms with E-state index in [4.69, 9.17) is 0 Å². The number of hydrogen-bond donors (Lipinski definition) is 1. The molecule has 0 radical (unpaired) electrons. The number of nitriles is 1. The largest absolute Gasteiger partial charge is 0.332 e. The molecule has 168 valence electrons. The molecule has 1 N–H and O–H groups in total. The van der Waals surface area contributed by atoms with Crippen LogP contribution in [0.5, 0.6) is 0 Å². The van der Waals surface area contributed by atoms with E-state index in [0.717, 1.165) is 39.0 Å². The molecule has 1 saturated heterocycles. The maximum Gasteiger partial charge on any atom is 0.187 e. The van der Waals surface area contributed by atoms with Gasteiger partial charge in [0.15, 0.2) is 12.5 Å². The van der Waals surface area contributed by atoms with Crippen LogP contribution in [0.4, 0.5) is 11.4 Å². The Hall–Kier alpha value is -3.49. The molecule has 33 heavy (non-hydrogen) atoms. The van der Waals surface area contributed by atoms with Gasteiger partial charge in [-0.15, -0.1) is 0 Å². The Labute approximate surface area is 196 Å². The highest BCUT2D eigenvalue weighted by Crippen LogP contribution is 2.41. The molecule has 5 heteroatoms. The van der Waals surface area contributed by atoms with E-state index in [0.29, 0.717) is 6.04 Å². The van der Waals surface area contributed by atoms with Crippen molar-refractivity contribution >= 4 is 11.4 Å². The lowest BCUT2D eigenvalue weighted by Gasteiger charge is -2.41. The van der Waals surface area contributed by atoms with Crippen LogP contribution in [0, 0.1) is 11.5 Å². The van der Waals surface area contributed by atoms with Crippen LogP contribution >= 0.6 is 0 Å². The van der Waals surface area contributed by atoms with Crippen molar-refractivity contribution in [2.45, 2.75) is 38.6 Å². The molecule has 0 saturated carbocycles. The lowest BCUT2D eigenvalue weighted by atomic mass is 10.0. The van der Waals surface area contributed by atoms with Crippen LogP contribution in [0.25, 0.3) is 11.1 Å². The van der Waals surface area contributed by atoms with Crippen LogP contribution in [0.2, 0.25) is 0 Å². The van der Waals surface area contributed by atoms with Gasteiger partial charge >= 0.3 is 0 Å². The molecule has 2 heterocycles. The molecule has 2 aliphatic heterocycles. The number of nitrogens with zero attached hydrogens (tertiary/aromatic N) is 4. The predicted octanol–water partition coefficient (Wildman–Crippen LogP) is 5.02. The van der Waals surface area contributed by atoms with E-state index in [1.54, 1.807) is 0 Å². The highest BCUT2D eigenvalue weighted by molar-refractivity contribution is 5.78. The van der Waals surface area contributed by atoms with Gasteiger partial charge in [0.1, 0.15) is 0 Å². The quantitative estimate of drug-likeness (QED) is 0.433. The Morgan fingerprint density at radius 3 is 2.15 bits per heavy atom. The van der Waals surface area contributed by atoms with Crippen LogP contribution in [-0.4, -0.2) is 36.9 Å². The van der Waals surface area contributed by atoms with Gasteiger partial charge in [0.25, 0.3) is 0 Å². The van der Waals surface area contributed by atoms with Gasteiger partial charge in [-0.25, -0.2) is 0 Å². The van der Waals surface area contributed by atoms with Crippen molar-refractivity contribution in [3.63, 3.8) is 0 Å². The molecule has 1 fully saturated rings. The van der Waals surface area contributed by atoms with E-state index in [1.165, 1.54) is 28.1 Å². The van der Waals surface area contributed by atoms with Crippen molar-refractivity contribution in [3.05, 3.63) is 84.4 Å². The summed E-state index contributed by atoms with van der Waals surface area (Å²) >= 11 is 0. The van der Waals surface area contributed by atoms with E-state index in [9.17, 15) is 5.26 Å². The average molecular weight is 438 g/mol. The van der Waals surface area contributed by atoms with E-state index >= 15 is 0 Å². The van der Waals surface area contributed by atoms with Gasteiger partial charge < -0.3 is 9.80 Å². The Morgan fingerprint density at radius 2 is 1.48 bits per heavy atom. The van der Waals surface area contributed by atoms with Crippen LogP contribution in [0.15, 0.2) is 78.9 Å². The summed E-state index contributed by atoms with van der Waals surface area (Å²) < 4.78 is 0. The normalized spacial score (nSPS) is 18.7. The van der Waals surface area contributed by atoms with Crippen molar-refractivity contribution in [3.8, 4) is 17.3 Å². The number of fused-ring (bicyclic) bond motifs is 1. The summed E-state index contributed by atoms with van der Waals surface area (Å²) in [4.78, 5) is 7.29. The van der Waals surface area contributed by atoms with Crippen LogP contribution in [0.1, 0.15) is 25.3 Å². The second kappa shape index (κ2) is 9.56. The van der Waals surface area contributed by atoms with Crippen molar-refractivity contribution in [1.82, 2.24) is 10.2 Å². The second-order valence-electron chi connectivity index (χ2n) is 8.88. The lowest BCUT2D eigenvalue weighted by molar-refractivity contribution is 0.197. The first-order valence-electron chi connectivity index (χ1n) is 11.9. The lowest BCUT2D eigenvalue weighted by Crippen LogP contribution is -2.57. The van der Waals surface area contributed by atoms with Crippen LogP contribution in [0.3, 0.4) is 0 Å². The maximum absolute atomic E-state index is 9.41. The molecule has 0 aromatic heterocycles. The Bertz CT molecular complexity index is 1100. The molecule has 0 spiro atoms. The molecular weight excluding hydrogens is 406 g/mol. The molecule has 0 aliphatic carbocycles. The Kier molecular flexibility index (Phi) is 6.19. The predicted molar refractivity (Wildman–Crippen MR) is 135 cm³/mol. The maximum atomic E-state index is 9.41. The zero-order chi connectivity index (χ0) is 22.6. The van der Waals surface area contributed by atoms with Gasteiger partial charge in [-0.3, -0.25) is 10.2 Å². The Morgan fingerprint density at radius 1 is 0.848 bits per heavy atom. The summed E-state index contributed by atoms with van der Waals surface area (Å²) in [5, 5.41) is 12.5. The molecule has 0 bridgehead atoms. The van der Waals surface area contributed by atoms with Crippen molar-refractivity contribution in [2.75, 3.05) is 29.4 Å². The number of anilines is 2. The van der Waals surface area contributed by atoms with Crippen molar-refractivity contribution in [2.24, 2.45) is 0 Å². The number of likely N-dealkylation sites (tertiary alicyclic amines) is 1. The number of benzene rings is 3. The fourth-order valence-electron chi connectivity index (χ4n) is 5.33. The first kappa shape index (κ1) is 21.4. The zero-order valence-corrected chi connectivity index (χ0v) is 19.2. The third kappa shape index (κ3) is 4.27. The SMILES string of the molecule is CCN1c2ccccc2N(C2CCN(Cc3ccc(-c4ccccc4)cc3)CC2)C1NC#N. The fraction of sp³-hybridized carbons (Fsp3) is 0.321. The number of nitrogens with one attached hydrogen (secondary N) is 1. The zero-order valence-electron chi connectivity index (χ0n) is 19.2. The highest BCUT2D eigenvalue weighted by atomic mass is 15.5. The molecular formula is C28H31N5. The van der Waals surface area contributed by atoms with Crippen molar-refractivity contribution < 1.29 is 0 Å². The molecule has 1 unspecified atom stereocenters. The molecule has 3 aromatic carbocycles. The fourth-order valence-corrected chi connectivity index (χ4v) is 5.33. The summed E-state index contributed by atoms with van der Waals surface area (Å²) in [6.45, 7) is 6.13. The number of para-hydroxylation sites is 2. The van der Waals surface area contributed by atoms with Gasteiger partial charge in [0.05, 0.1) is 11.4 Å². The number of piperidine rings is 1. The minimum Gasteiger partial charge on any atom is -0.332 e. The minimum absolute atomic E-state index is 0.0977. The first-order chi connectivity index (χ1) is 16.3. The highest BCUT2D eigenvalue weighted by Gasteiger charge is 2.39. The summed E-state index contributed by atoms with van der Waals surface area (Å²) in [6.07, 6.45) is 4.28. The summed E-state index contributed by atoms with van der Waals surface area (Å²) in [5.74, 6) is 0. The molecule has 1 atom stereocenters. The molecule has 0 amide bonds. The van der Waals surface area contributed by atoms with Gasteiger partial charge in [-0.1, -0.05) is 66.7 Å². The number of hydrogen-bond acceptors (Lipinski definition) is 5. The van der Waals surface area contributed by atoms with Gasteiger partial charge in [0.2, 0.25) is 0 Å². The van der Waals surface area contributed by atoms with E-state index in [1.807, 2.05) is 0 Å². The third-order valence-electron chi connectivity index (χ3n) is 6.98. The average Bonchev–Trinajstić information content (AvgIpc) is 3.19.